The number of amides is 1. The van der Waals surface area contributed by atoms with Crippen molar-refractivity contribution in [1.82, 2.24) is 9.97 Å². The molecule has 0 unspecified atom stereocenters. The van der Waals surface area contributed by atoms with Crippen LogP contribution in [-0.2, 0) is 0 Å². The number of hydrogen-bond donors (Lipinski definition) is 2. The number of anilines is 1. The number of H-pyrrole nitrogens is 1. The van der Waals surface area contributed by atoms with E-state index >= 15 is 0 Å². The Morgan fingerprint density at radius 1 is 1.17 bits per heavy atom. The zero-order chi connectivity index (χ0) is 15.8. The molecule has 6 nitrogen and oxygen atoms in total. The van der Waals surface area contributed by atoms with E-state index in [0.29, 0.717) is 41.5 Å². The molecule has 2 heterocycles. The predicted molar refractivity (Wildman–Crippen MR) is 86.2 cm³/mol. The number of aromatic nitrogens is 2. The highest BCUT2D eigenvalue weighted by atomic mass is 16.6. The molecule has 0 saturated heterocycles. The first kappa shape index (κ1) is 13.6. The van der Waals surface area contributed by atoms with Crippen molar-refractivity contribution in [2.24, 2.45) is 0 Å². The van der Waals surface area contributed by atoms with Crippen molar-refractivity contribution in [3.8, 4) is 11.5 Å². The van der Waals surface area contributed by atoms with E-state index in [-0.39, 0.29) is 5.91 Å². The van der Waals surface area contributed by atoms with Crippen LogP contribution < -0.4 is 14.8 Å². The zero-order valence-corrected chi connectivity index (χ0v) is 12.6. The van der Waals surface area contributed by atoms with Gasteiger partial charge in [0.25, 0.3) is 5.91 Å². The summed E-state index contributed by atoms with van der Waals surface area (Å²) in [5.74, 6) is 1.90. The molecule has 4 rings (SSSR count). The molecule has 0 bridgehead atoms. The third-order valence-corrected chi connectivity index (χ3v) is 3.68. The fourth-order valence-corrected chi connectivity index (χ4v) is 2.66. The third kappa shape index (κ3) is 2.48. The van der Waals surface area contributed by atoms with E-state index < -0.39 is 0 Å². The average Bonchev–Trinajstić information content (AvgIpc) is 2.94. The maximum absolute atomic E-state index is 12.6. The molecule has 0 spiro atoms. The molecule has 1 aliphatic rings. The van der Waals surface area contributed by atoms with Crippen molar-refractivity contribution in [2.75, 3.05) is 18.5 Å². The van der Waals surface area contributed by atoms with Gasteiger partial charge >= 0.3 is 0 Å². The topological polar surface area (TPSA) is 76.2 Å². The number of para-hydroxylation sites is 1. The molecule has 1 aliphatic heterocycles. The lowest BCUT2D eigenvalue weighted by atomic mass is 10.1. The summed E-state index contributed by atoms with van der Waals surface area (Å²) < 4.78 is 11.0. The van der Waals surface area contributed by atoms with E-state index in [2.05, 4.69) is 15.3 Å². The smallest absolute Gasteiger partial charge is 0.257 e. The van der Waals surface area contributed by atoms with Crippen LogP contribution in [0.2, 0.25) is 0 Å². The first-order valence-corrected chi connectivity index (χ1v) is 7.37. The molecule has 1 aromatic heterocycles. The van der Waals surface area contributed by atoms with Crippen molar-refractivity contribution < 1.29 is 14.3 Å². The highest BCUT2D eigenvalue weighted by molar-refractivity contribution is 6.11. The fraction of sp³-hybridized carbons (Fsp3) is 0.176. The molecule has 1 amide bonds. The maximum atomic E-state index is 12.6. The summed E-state index contributed by atoms with van der Waals surface area (Å²) >= 11 is 0. The van der Waals surface area contributed by atoms with Crippen molar-refractivity contribution >= 4 is 22.6 Å². The number of imidazole rings is 1. The van der Waals surface area contributed by atoms with Crippen LogP contribution in [0.1, 0.15) is 16.2 Å². The minimum Gasteiger partial charge on any atom is -0.486 e. The number of benzene rings is 2. The summed E-state index contributed by atoms with van der Waals surface area (Å²) in [6, 6.07) is 10.8. The first-order valence-electron chi connectivity index (χ1n) is 7.37. The van der Waals surface area contributed by atoms with Gasteiger partial charge in [-0.05, 0) is 31.2 Å². The van der Waals surface area contributed by atoms with Crippen LogP contribution in [0.5, 0.6) is 11.5 Å². The van der Waals surface area contributed by atoms with Crippen molar-refractivity contribution in [3.05, 3.63) is 47.8 Å². The lowest BCUT2D eigenvalue weighted by Crippen LogP contribution is -2.16. The lowest BCUT2D eigenvalue weighted by molar-refractivity contribution is 0.102. The van der Waals surface area contributed by atoms with Crippen molar-refractivity contribution in [2.45, 2.75) is 6.92 Å². The molecular weight excluding hydrogens is 294 g/mol. The number of carbonyl (C=O) groups is 1. The molecule has 0 fully saturated rings. The summed E-state index contributed by atoms with van der Waals surface area (Å²) in [7, 11) is 0. The average molecular weight is 309 g/mol. The zero-order valence-electron chi connectivity index (χ0n) is 12.6. The highest BCUT2D eigenvalue weighted by Gasteiger charge is 2.15. The number of nitrogens with one attached hydrogen (secondary N) is 2. The number of aryl methyl sites for hydroxylation is 1. The Hall–Kier alpha value is -3.02. The van der Waals surface area contributed by atoms with Crippen LogP contribution in [-0.4, -0.2) is 29.1 Å². The predicted octanol–water partition coefficient (Wildman–Crippen LogP) is 2.89. The first-order chi connectivity index (χ1) is 11.2. The van der Waals surface area contributed by atoms with Gasteiger partial charge in [0.05, 0.1) is 11.1 Å². The number of carbonyl (C=O) groups excluding carboxylic acids is 1. The standard InChI is InChI=1S/C17H15N3O3/c1-10-18-13-4-2-3-12(16(13)19-10)17(21)20-11-5-6-14-15(9-11)23-8-7-22-14/h2-6,9H,7-8H2,1H3,(H,18,19)(H,20,21). The summed E-state index contributed by atoms with van der Waals surface area (Å²) in [6.07, 6.45) is 0. The molecule has 2 aromatic carbocycles. The number of fused-ring (bicyclic) bond motifs is 2. The molecule has 3 aromatic rings. The number of rotatable bonds is 2. The van der Waals surface area contributed by atoms with Gasteiger partial charge in [-0.1, -0.05) is 6.07 Å². The van der Waals surface area contributed by atoms with Gasteiger partial charge < -0.3 is 19.8 Å². The highest BCUT2D eigenvalue weighted by Crippen LogP contribution is 2.32. The van der Waals surface area contributed by atoms with Gasteiger partial charge in [0.1, 0.15) is 24.6 Å². The monoisotopic (exact) mass is 309 g/mol. The van der Waals surface area contributed by atoms with Gasteiger partial charge in [0, 0.05) is 11.8 Å². The van der Waals surface area contributed by atoms with E-state index in [9.17, 15) is 4.79 Å². The minimum absolute atomic E-state index is 0.209. The van der Waals surface area contributed by atoms with Crippen LogP contribution in [0.25, 0.3) is 11.0 Å². The van der Waals surface area contributed by atoms with Gasteiger partial charge in [0.2, 0.25) is 0 Å². The maximum Gasteiger partial charge on any atom is 0.257 e. The second-order valence-electron chi connectivity index (χ2n) is 5.34. The van der Waals surface area contributed by atoms with E-state index in [1.54, 1.807) is 24.3 Å². The Kier molecular flexibility index (Phi) is 3.15. The van der Waals surface area contributed by atoms with Crippen LogP contribution in [0, 0.1) is 6.92 Å². The van der Waals surface area contributed by atoms with Crippen molar-refractivity contribution in [3.63, 3.8) is 0 Å². The van der Waals surface area contributed by atoms with Crippen LogP contribution in [0.4, 0.5) is 5.69 Å². The van der Waals surface area contributed by atoms with Crippen molar-refractivity contribution in [1.29, 1.82) is 0 Å². The molecule has 6 heteroatoms. The number of aromatic amines is 1. The molecule has 0 saturated carbocycles. The Morgan fingerprint density at radius 3 is 2.87 bits per heavy atom. The minimum atomic E-state index is -0.209. The number of hydrogen-bond acceptors (Lipinski definition) is 4. The molecule has 2 N–H and O–H groups in total. The normalized spacial score (nSPS) is 13.1. The summed E-state index contributed by atoms with van der Waals surface area (Å²) in [4.78, 5) is 20.1. The second kappa shape index (κ2) is 5.31. The quantitative estimate of drug-likeness (QED) is 0.763. The van der Waals surface area contributed by atoms with E-state index in [4.69, 9.17) is 9.47 Å². The van der Waals surface area contributed by atoms with Gasteiger partial charge in [0.15, 0.2) is 11.5 Å². The Balaban J connectivity index is 1.64. The Morgan fingerprint density at radius 2 is 2.00 bits per heavy atom. The SMILES string of the molecule is Cc1nc2c(C(=O)Nc3ccc4c(c3)OCCO4)cccc2[nH]1. The summed E-state index contributed by atoms with van der Waals surface area (Å²) in [5, 5.41) is 2.88. The molecule has 23 heavy (non-hydrogen) atoms. The number of ether oxygens (including phenoxy) is 2. The lowest BCUT2D eigenvalue weighted by Gasteiger charge is -2.19. The fourth-order valence-electron chi connectivity index (χ4n) is 2.66. The second-order valence-corrected chi connectivity index (χ2v) is 5.34. The molecular formula is C17H15N3O3. The van der Waals surface area contributed by atoms with Gasteiger partial charge in [-0.3, -0.25) is 4.79 Å². The van der Waals surface area contributed by atoms with Crippen LogP contribution >= 0.6 is 0 Å². The summed E-state index contributed by atoms with van der Waals surface area (Å²) in [5.41, 5.74) is 2.70. The third-order valence-electron chi connectivity index (χ3n) is 3.68. The van der Waals surface area contributed by atoms with E-state index in [1.807, 2.05) is 19.1 Å². The van der Waals surface area contributed by atoms with Gasteiger partial charge in [-0.25, -0.2) is 4.98 Å². The van der Waals surface area contributed by atoms with Crippen LogP contribution in [0.3, 0.4) is 0 Å². The number of nitrogens with zero attached hydrogens (tertiary/aromatic N) is 1. The summed E-state index contributed by atoms with van der Waals surface area (Å²) in [6.45, 7) is 2.91. The van der Waals surface area contributed by atoms with Crippen LogP contribution in [0.15, 0.2) is 36.4 Å². The molecule has 0 atom stereocenters. The van der Waals surface area contributed by atoms with Gasteiger partial charge in [-0.15, -0.1) is 0 Å². The van der Waals surface area contributed by atoms with E-state index in [0.717, 1.165) is 11.3 Å². The largest absolute Gasteiger partial charge is 0.486 e. The van der Waals surface area contributed by atoms with Gasteiger partial charge in [-0.2, -0.15) is 0 Å². The Bertz CT molecular complexity index is 901. The van der Waals surface area contributed by atoms with E-state index in [1.165, 1.54) is 0 Å². The Labute approximate surface area is 132 Å². The molecule has 0 aliphatic carbocycles. The molecule has 116 valence electrons. The molecule has 0 radical (unpaired) electrons.